The van der Waals surface area contributed by atoms with Gasteiger partial charge in [0.25, 0.3) is 16.8 Å². The lowest BCUT2D eigenvalue weighted by Gasteiger charge is -2.28. The summed E-state index contributed by atoms with van der Waals surface area (Å²) in [7, 11) is 0. The van der Waals surface area contributed by atoms with Crippen LogP contribution in [0.4, 0.5) is 10.5 Å². The topological polar surface area (TPSA) is 119 Å². The quantitative estimate of drug-likeness (QED) is 0.284. The molecular weight excluding hydrogens is 542 g/mol. The first-order chi connectivity index (χ1) is 16.8. The molecule has 10 nitrogen and oxygen atoms in total. The van der Waals surface area contributed by atoms with E-state index in [2.05, 4.69) is 15.9 Å². The first kappa shape index (κ1) is 24.9. The van der Waals surface area contributed by atoms with Crippen LogP contribution in [0.1, 0.15) is 11.1 Å². The number of rotatable bonds is 7. The highest BCUT2D eigenvalue weighted by atomic mass is 79.9. The van der Waals surface area contributed by atoms with Crippen molar-refractivity contribution >= 4 is 56.5 Å². The average Bonchev–Trinajstić information content (AvgIpc) is 3.11. The highest BCUT2D eigenvalue weighted by Crippen LogP contribution is 2.35. The van der Waals surface area contributed by atoms with Crippen molar-refractivity contribution in [2.45, 2.75) is 6.61 Å². The Kier molecular flexibility index (Phi) is 7.83. The van der Waals surface area contributed by atoms with Crippen LogP contribution in [0.15, 0.2) is 51.8 Å². The number of nitrogens with zero attached hydrogens (tertiary/aromatic N) is 3. The molecule has 2 fully saturated rings. The minimum Gasteiger partial charge on any atom is -0.488 e. The summed E-state index contributed by atoms with van der Waals surface area (Å²) in [6, 6.07) is 11.3. The number of thioether (sulfide) groups is 1. The molecule has 0 spiro atoms. The van der Waals surface area contributed by atoms with Crippen molar-refractivity contribution in [3.8, 4) is 5.75 Å². The maximum absolute atomic E-state index is 12.9. The number of ether oxygens (including phenoxy) is 2. The summed E-state index contributed by atoms with van der Waals surface area (Å²) >= 11 is 4.15. The van der Waals surface area contributed by atoms with Crippen LogP contribution in [0.2, 0.25) is 0 Å². The molecule has 12 heteroatoms. The Balaban J connectivity index is 1.49. The smallest absolute Gasteiger partial charge is 0.294 e. The normalized spacial score (nSPS) is 17.2. The van der Waals surface area contributed by atoms with Gasteiger partial charge in [0.15, 0.2) is 0 Å². The van der Waals surface area contributed by atoms with Gasteiger partial charge in [0, 0.05) is 35.3 Å². The van der Waals surface area contributed by atoms with Crippen LogP contribution < -0.4 is 4.74 Å². The number of non-ortho nitro benzene ring substituents is 1. The van der Waals surface area contributed by atoms with E-state index in [1.54, 1.807) is 35.2 Å². The molecule has 0 saturated carbocycles. The van der Waals surface area contributed by atoms with Crippen molar-refractivity contribution in [3.63, 3.8) is 0 Å². The number of amides is 3. The number of benzene rings is 2. The second-order valence-corrected chi connectivity index (χ2v) is 9.57. The third-order valence-corrected chi connectivity index (χ3v) is 6.71. The molecule has 4 rings (SSSR count). The number of imide groups is 1. The third-order valence-electron chi connectivity index (χ3n) is 5.30. The van der Waals surface area contributed by atoms with Gasteiger partial charge in [0.2, 0.25) is 5.91 Å². The third kappa shape index (κ3) is 6.08. The molecule has 2 aliphatic heterocycles. The molecule has 2 saturated heterocycles. The molecule has 0 N–H and O–H groups in total. The van der Waals surface area contributed by atoms with Crippen LogP contribution in [0.5, 0.6) is 5.75 Å². The van der Waals surface area contributed by atoms with E-state index in [4.69, 9.17) is 9.47 Å². The summed E-state index contributed by atoms with van der Waals surface area (Å²) in [5, 5.41) is 10.5. The maximum Gasteiger partial charge on any atom is 0.294 e. The Hall–Kier alpha value is -3.22. The molecule has 0 aliphatic carbocycles. The molecule has 2 heterocycles. The van der Waals surface area contributed by atoms with Gasteiger partial charge >= 0.3 is 0 Å². The number of halogens is 1. The standard InChI is InChI=1S/C23H20BrN3O7S/c24-17-4-5-19(34-14-15-2-1-3-18(10-15)27(31)32)16(11-17)12-20-22(29)26(23(30)35-20)13-21(28)25-6-8-33-9-7-25/h1-5,10-12H,6-9,13-14H2/b20-12+. The fraction of sp³-hybridized carbons (Fsp3) is 0.261. The van der Waals surface area contributed by atoms with Crippen molar-refractivity contribution < 1.29 is 28.8 Å². The monoisotopic (exact) mass is 561 g/mol. The largest absolute Gasteiger partial charge is 0.488 e. The zero-order valence-corrected chi connectivity index (χ0v) is 20.7. The van der Waals surface area contributed by atoms with Crippen LogP contribution in [0.3, 0.4) is 0 Å². The van der Waals surface area contributed by atoms with Crippen molar-refractivity contribution in [2.75, 3.05) is 32.8 Å². The molecule has 0 atom stereocenters. The van der Waals surface area contributed by atoms with Crippen LogP contribution in [-0.2, 0) is 20.9 Å². The lowest BCUT2D eigenvalue weighted by atomic mass is 10.1. The molecule has 0 radical (unpaired) electrons. The minimum atomic E-state index is -0.550. The first-order valence-electron chi connectivity index (χ1n) is 10.6. The highest BCUT2D eigenvalue weighted by Gasteiger charge is 2.37. The second-order valence-electron chi connectivity index (χ2n) is 7.66. The van der Waals surface area contributed by atoms with Gasteiger partial charge in [-0.05, 0) is 41.6 Å². The zero-order chi connectivity index (χ0) is 24.9. The molecular formula is C23H20BrN3O7S. The summed E-state index contributed by atoms with van der Waals surface area (Å²) in [5.41, 5.74) is 1.10. The Bertz CT molecular complexity index is 1210. The molecule has 0 bridgehead atoms. The highest BCUT2D eigenvalue weighted by molar-refractivity contribution is 9.10. The van der Waals surface area contributed by atoms with Gasteiger partial charge in [-0.25, -0.2) is 0 Å². The van der Waals surface area contributed by atoms with Gasteiger partial charge in [-0.3, -0.25) is 29.4 Å². The fourth-order valence-electron chi connectivity index (χ4n) is 3.51. The molecule has 182 valence electrons. The predicted octanol–water partition coefficient (Wildman–Crippen LogP) is 3.83. The van der Waals surface area contributed by atoms with E-state index >= 15 is 0 Å². The molecule has 2 aromatic carbocycles. The number of morpholine rings is 1. The van der Waals surface area contributed by atoms with Crippen molar-refractivity contribution in [2.24, 2.45) is 0 Å². The molecule has 3 amide bonds. The Morgan fingerprint density at radius 1 is 1.20 bits per heavy atom. The van der Waals surface area contributed by atoms with Crippen LogP contribution in [-0.4, -0.2) is 64.6 Å². The summed E-state index contributed by atoms with van der Waals surface area (Å²) < 4.78 is 11.8. The van der Waals surface area contributed by atoms with E-state index in [1.165, 1.54) is 18.2 Å². The molecule has 0 aromatic heterocycles. The van der Waals surface area contributed by atoms with E-state index in [9.17, 15) is 24.5 Å². The number of carbonyl (C=O) groups is 3. The van der Waals surface area contributed by atoms with Crippen molar-refractivity contribution in [3.05, 3.63) is 73.1 Å². The van der Waals surface area contributed by atoms with Gasteiger partial charge in [-0.2, -0.15) is 0 Å². The molecule has 0 unspecified atom stereocenters. The maximum atomic E-state index is 12.9. The Morgan fingerprint density at radius 2 is 1.97 bits per heavy atom. The minimum absolute atomic E-state index is 0.0394. The van der Waals surface area contributed by atoms with E-state index in [1.807, 2.05) is 0 Å². The van der Waals surface area contributed by atoms with Crippen LogP contribution in [0, 0.1) is 10.1 Å². The van der Waals surface area contributed by atoms with Gasteiger partial charge in [0.1, 0.15) is 18.9 Å². The zero-order valence-electron chi connectivity index (χ0n) is 18.3. The Morgan fingerprint density at radius 3 is 2.71 bits per heavy atom. The summed E-state index contributed by atoms with van der Waals surface area (Å²) in [4.78, 5) is 51.1. The lowest BCUT2D eigenvalue weighted by molar-refractivity contribution is -0.384. The SMILES string of the molecule is O=C(CN1C(=O)S/C(=C/c2cc(Br)ccc2OCc2cccc([N+](=O)[O-])c2)C1=O)N1CCOCC1. The molecule has 35 heavy (non-hydrogen) atoms. The van der Waals surface area contributed by atoms with Crippen LogP contribution in [0.25, 0.3) is 6.08 Å². The number of hydrogen-bond donors (Lipinski definition) is 0. The summed E-state index contributed by atoms with van der Waals surface area (Å²) in [6.07, 6.45) is 1.54. The van der Waals surface area contributed by atoms with Crippen molar-refractivity contribution in [1.29, 1.82) is 0 Å². The van der Waals surface area contributed by atoms with E-state index in [-0.39, 0.29) is 29.7 Å². The fourth-order valence-corrected chi connectivity index (χ4v) is 4.72. The molecule has 2 aromatic rings. The summed E-state index contributed by atoms with van der Waals surface area (Å²) in [6.45, 7) is 1.45. The number of nitro benzene ring substituents is 1. The van der Waals surface area contributed by atoms with Gasteiger partial charge in [-0.1, -0.05) is 28.1 Å². The predicted molar refractivity (Wildman–Crippen MR) is 132 cm³/mol. The number of nitro groups is 1. The van der Waals surface area contributed by atoms with Gasteiger partial charge in [-0.15, -0.1) is 0 Å². The average molecular weight is 562 g/mol. The van der Waals surface area contributed by atoms with E-state index in [0.717, 1.165) is 21.1 Å². The number of carbonyl (C=O) groups excluding carboxylic acids is 3. The van der Waals surface area contributed by atoms with E-state index in [0.29, 0.717) is 43.2 Å². The molecule has 2 aliphatic rings. The number of hydrogen-bond acceptors (Lipinski definition) is 8. The lowest BCUT2D eigenvalue weighted by Crippen LogP contribution is -2.46. The summed E-state index contributed by atoms with van der Waals surface area (Å²) in [5.74, 6) is -0.428. The van der Waals surface area contributed by atoms with Crippen molar-refractivity contribution in [1.82, 2.24) is 9.80 Å². The second kappa shape index (κ2) is 11.0. The van der Waals surface area contributed by atoms with Gasteiger partial charge in [0.05, 0.1) is 23.0 Å². The van der Waals surface area contributed by atoms with Crippen LogP contribution >= 0.6 is 27.7 Å². The Labute approximate surface area is 213 Å². The van der Waals surface area contributed by atoms with Gasteiger partial charge < -0.3 is 14.4 Å². The van der Waals surface area contributed by atoms with E-state index < -0.39 is 16.1 Å². The first-order valence-corrected chi connectivity index (χ1v) is 12.2.